The van der Waals surface area contributed by atoms with Crippen LogP contribution in [-0.4, -0.2) is 29.0 Å². The number of rotatable bonds is 5. The van der Waals surface area contributed by atoms with Gasteiger partial charge in [0.1, 0.15) is 11.6 Å². The third-order valence-electron chi connectivity index (χ3n) is 4.81. The van der Waals surface area contributed by atoms with Crippen LogP contribution >= 0.6 is 11.6 Å². The topological polar surface area (TPSA) is 123 Å². The van der Waals surface area contributed by atoms with E-state index in [0.29, 0.717) is 28.4 Å². The molecule has 4 N–H and O–H groups in total. The van der Waals surface area contributed by atoms with Gasteiger partial charge < -0.3 is 16.0 Å². The Labute approximate surface area is 190 Å². The second-order valence-electron chi connectivity index (χ2n) is 7.22. The first kappa shape index (κ1) is 23.0. The number of nitrogens with zero attached hydrogens (tertiary/aromatic N) is 2. The number of hydrogen-bond acceptors (Lipinski definition) is 6. The maximum Gasteiger partial charge on any atom is 0.270 e. The van der Waals surface area contributed by atoms with E-state index < -0.39 is 5.56 Å². The van der Waals surface area contributed by atoms with Gasteiger partial charge in [-0.1, -0.05) is 23.7 Å². The molecule has 0 bridgehead atoms. The van der Waals surface area contributed by atoms with Gasteiger partial charge >= 0.3 is 0 Å². The number of nitrogens with one attached hydrogen (secondary N) is 4. The van der Waals surface area contributed by atoms with Crippen molar-refractivity contribution in [2.75, 3.05) is 17.2 Å². The maximum absolute atomic E-state index is 12.3. The third-order valence-corrected chi connectivity index (χ3v) is 5.06. The summed E-state index contributed by atoms with van der Waals surface area (Å²) in [4.78, 5) is 29.8. The van der Waals surface area contributed by atoms with Crippen LogP contribution in [0.1, 0.15) is 25.3 Å². The summed E-state index contributed by atoms with van der Waals surface area (Å²) in [5.74, 6) is 0.181. The zero-order valence-corrected chi connectivity index (χ0v) is 18.2. The summed E-state index contributed by atoms with van der Waals surface area (Å²) >= 11 is 5.86. The molecule has 3 aromatic rings. The molecule has 0 spiro atoms. The Kier molecular flexibility index (Phi) is 7.97. The number of carbonyl (C=O) groups is 1. The standard InChI is InChI=1S/C18H12ClN5O2.C5H11N/c19-12-4-6-13(7-5-12)22-18-23-16(15(9-20)17(26)24-18)11-2-1-3-14(8-11)21-10-25;1-5-3-2-4-6-5/h1-8,10H,(H,21,25)(H2,22,23,24,26);5-6H,2-4H2,1H3. The van der Waals surface area contributed by atoms with Crippen LogP contribution in [0.2, 0.25) is 5.02 Å². The average molecular weight is 451 g/mol. The van der Waals surface area contributed by atoms with Crippen molar-refractivity contribution < 1.29 is 4.79 Å². The predicted molar refractivity (Wildman–Crippen MR) is 126 cm³/mol. The molecule has 1 aliphatic rings. The van der Waals surface area contributed by atoms with E-state index in [2.05, 4.69) is 32.8 Å². The highest BCUT2D eigenvalue weighted by Gasteiger charge is 2.14. The highest BCUT2D eigenvalue weighted by Crippen LogP contribution is 2.24. The van der Waals surface area contributed by atoms with Gasteiger partial charge in [0.05, 0.1) is 5.69 Å². The Bertz CT molecular complexity index is 1160. The normalized spacial score (nSPS) is 14.6. The molecule has 0 saturated carbocycles. The van der Waals surface area contributed by atoms with Gasteiger partial charge in [-0.05, 0) is 62.7 Å². The van der Waals surface area contributed by atoms with E-state index in [4.69, 9.17) is 11.6 Å². The van der Waals surface area contributed by atoms with Gasteiger partial charge in [-0.3, -0.25) is 14.6 Å². The summed E-state index contributed by atoms with van der Waals surface area (Å²) in [6.07, 6.45) is 3.30. The lowest BCUT2D eigenvalue weighted by Crippen LogP contribution is -2.16. The van der Waals surface area contributed by atoms with Crippen molar-refractivity contribution >= 4 is 35.3 Å². The Morgan fingerprint density at radius 1 is 1.22 bits per heavy atom. The van der Waals surface area contributed by atoms with Crippen LogP contribution in [0.5, 0.6) is 0 Å². The van der Waals surface area contributed by atoms with E-state index in [0.717, 1.165) is 6.04 Å². The Morgan fingerprint density at radius 2 is 2.00 bits per heavy atom. The lowest BCUT2D eigenvalue weighted by atomic mass is 10.1. The lowest BCUT2D eigenvalue weighted by molar-refractivity contribution is -0.105. The summed E-state index contributed by atoms with van der Waals surface area (Å²) in [5.41, 5.74) is 1.25. The van der Waals surface area contributed by atoms with E-state index in [1.807, 2.05) is 6.07 Å². The van der Waals surface area contributed by atoms with Crippen LogP contribution in [-0.2, 0) is 4.79 Å². The Balaban J connectivity index is 0.000000416. The van der Waals surface area contributed by atoms with Gasteiger partial charge in [0.2, 0.25) is 12.4 Å². The molecule has 1 saturated heterocycles. The first-order valence-corrected chi connectivity index (χ1v) is 10.5. The minimum absolute atomic E-state index is 0.116. The van der Waals surface area contributed by atoms with Crippen molar-refractivity contribution in [3.05, 3.63) is 69.5 Å². The molecule has 1 atom stereocenters. The summed E-state index contributed by atoms with van der Waals surface area (Å²) in [6.45, 7) is 3.47. The molecule has 8 nitrogen and oxygen atoms in total. The van der Waals surface area contributed by atoms with Gasteiger partial charge in [-0.2, -0.15) is 5.26 Å². The van der Waals surface area contributed by atoms with E-state index >= 15 is 0 Å². The lowest BCUT2D eigenvalue weighted by Gasteiger charge is -2.10. The molecule has 9 heteroatoms. The molecule has 2 heterocycles. The summed E-state index contributed by atoms with van der Waals surface area (Å²) in [6, 6.07) is 16.2. The van der Waals surface area contributed by atoms with Crippen molar-refractivity contribution in [2.45, 2.75) is 25.8 Å². The smallest absolute Gasteiger partial charge is 0.270 e. The van der Waals surface area contributed by atoms with Gasteiger partial charge in [0.15, 0.2) is 0 Å². The van der Waals surface area contributed by atoms with Crippen molar-refractivity contribution in [1.29, 1.82) is 5.26 Å². The van der Waals surface area contributed by atoms with Crippen LogP contribution in [0.4, 0.5) is 17.3 Å². The highest BCUT2D eigenvalue weighted by molar-refractivity contribution is 6.30. The Hall–Kier alpha value is -3.67. The molecular weight excluding hydrogens is 428 g/mol. The molecule has 32 heavy (non-hydrogen) atoms. The van der Waals surface area contributed by atoms with Crippen molar-refractivity contribution in [3.63, 3.8) is 0 Å². The Morgan fingerprint density at radius 3 is 2.59 bits per heavy atom. The molecule has 4 rings (SSSR count). The SMILES string of the molecule is CC1CCCN1.N#Cc1c(-c2cccc(NC=O)c2)nc(Nc2ccc(Cl)cc2)[nH]c1=O. The van der Waals surface area contributed by atoms with Crippen molar-refractivity contribution in [3.8, 4) is 17.3 Å². The number of aromatic amines is 1. The van der Waals surface area contributed by atoms with E-state index in [1.165, 1.54) is 19.4 Å². The van der Waals surface area contributed by atoms with Crippen LogP contribution in [0, 0.1) is 11.3 Å². The van der Waals surface area contributed by atoms with Gasteiger partial charge in [0.25, 0.3) is 5.56 Å². The van der Waals surface area contributed by atoms with Crippen LogP contribution in [0.25, 0.3) is 11.3 Å². The fraction of sp³-hybridized carbons (Fsp3) is 0.217. The van der Waals surface area contributed by atoms with Gasteiger partial charge in [-0.25, -0.2) is 4.98 Å². The zero-order valence-electron chi connectivity index (χ0n) is 17.5. The summed E-state index contributed by atoms with van der Waals surface area (Å²) in [7, 11) is 0. The number of benzene rings is 2. The number of anilines is 3. The number of halogens is 1. The minimum Gasteiger partial charge on any atom is -0.329 e. The predicted octanol–water partition coefficient (Wildman–Crippen LogP) is 4.03. The van der Waals surface area contributed by atoms with Crippen molar-refractivity contribution in [1.82, 2.24) is 15.3 Å². The molecule has 1 unspecified atom stereocenters. The minimum atomic E-state index is -0.567. The molecule has 1 amide bonds. The molecule has 2 aromatic carbocycles. The summed E-state index contributed by atoms with van der Waals surface area (Å²) < 4.78 is 0. The first-order valence-electron chi connectivity index (χ1n) is 10.1. The van der Waals surface area contributed by atoms with Gasteiger partial charge in [-0.15, -0.1) is 0 Å². The summed E-state index contributed by atoms with van der Waals surface area (Å²) in [5, 5.41) is 18.7. The van der Waals surface area contributed by atoms with Crippen LogP contribution in [0.3, 0.4) is 0 Å². The monoisotopic (exact) mass is 450 g/mol. The molecule has 164 valence electrons. The third kappa shape index (κ3) is 6.17. The van der Waals surface area contributed by atoms with Gasteiger partial charge in [0, 0.05) is 28.0 Å². The molecule has 1 fully saturated rings. The average Bonchev–Trinajstić information content (AvgIpc) is 3.27. The fourth-order valence-corrected chi connectivity index (χ4v) is 3.32. The first-order chi connectivity index (χ1) is 15.5. The molecular formula is C23H23ClN6O2. The molecule has 0 aliphatic carbocycles. The van der Waals surface area contributed by atoms with Crippen LogP contribution in [0.15, 0.2) is 53.3 Å². The number of amides is 1. The number of nitriles is 1. The van der Waals surface area contributed by atoms with E-state index in [1.54, 1.807) is 48.5 Å². The van der Waals surface area contributed by atoms with Crippen molar-refractivity contribution in [2.24, 2.45) is 0 Å². The highest BCUT2D eigenvalue weighted by atomic mass is 35.5. The fourth-order valence-electron chi connectivity index (χ4n) is 3.20. The molecule has 1 aliphatic heterocycles. The number of carbonyl (C=O) groups excluding carboxylic acids is 1. The molecule has 1 aromatic heterocycles. The quantitative estimate of drug-likeness (QED) is 0.435. The number of aromatic nitrogens is 2. The largest absolute Gasteiger partial charge is 0.329 e. The molecule has 0 radical (unpaired) electrons. The van der Waals surface area contributed by atoms with Crippen LogP contribution < -0.4 is 21.5 Å². The van der Waals surface area contributed by atoms with E-state index in [-0.39, 0.29) is 17.2 Å². The maximum atomic E-state index is 12.3. The zero-order chi connectivity index (χ0) is 22.9. The number of H-pyrrole nitrogens is 1. The number of hydrogen-bond donors (Lipinski definition) is 4. The second-order valence-corrected chi connectivity index (χ2v) is 7.66. The van der Waals surface area contributed by atoms with E-state index in [9.17, 15) is 14.9 Å². The second kappa shape index (κ2) is 11.1.